The van der Waals surface area contributed by atoms with E-state index in [2.05, 4.69) is 0 Å². The quantitative estimate of drug-likeness (QED) is 0.525. The Balaban J connectivity index is 2.02. The van der Waals surface area contributed by atoms with Crippen molar-refractivity contribution in [2.24, 2.45) is 5.92 Å². The van der Waals surface area contributed by atoms with Crippen molar-refractivity contribution in [3.05, 3.63) is 0 Å². The molecule has 0 aliphatic carbocycles. The fourth-order valence-corrected chi connectivity index (χ4v) is 2.75. The second kappa shape index (κ2) is 11.0. The highest BCUT2D eigenvalue weighted by Gasteiger charge is 2.29. The van der Waals surface area contributed by atoms with Gasteiger partial charge in [0.15, 0.2) is 5.12 Å². The lowest BCUT2D eigenvalue weighted by Gasteiger charge is -2.16. The number of hydrogen-bond acceptors (Lipinski definition) is 6. The fourth-order valence-electron chi connectivity index (χ4n) is 2.06. The zero-order valence-corrected chi connectivity index (χ0v) is 13.7. The summed E-state index contributed by atoms with van der Waals surface area (Å²) in [7, 11) is 1.63. The van der Waals surface area contributed by atoms with E-state index in [1.54, 1.807) is 14.0 Å². The molecule has 0 aromatic heterocycles. The Labute approximate surface area is 130 Å². The molecule has 122 valence electrons. The Morgan fingerprint density at radius 2 is 1.90 bits per heavy atom. The van der Waals surface area contributed by atoms with Crippen LogP contribution in [0.2, 0.25) is 0 Å². The third-order valence-corrected chi connectivity index (χ3v) is 4.17. The van der Waals surface area contributed by atoms with E-state index in [-0.39, 0.29) is 16.9 Å². The van der Waals surface area contributed by atoms with Gasteiger partial charge in [-0.25, -0.2) is 0 Å². The summed E-state index contributed by atoms with van der Waals surface area (Å²) in [5.74, 6) is 1.17. The molecule has 0 N–H and O–H groups in total. The van der Waals surface area contributed by atoms with Crippen LogP contribution in [0.1, 0.15) is 13.3 Å². The van der Waals surface area contributed by atoms with Gasteiger partial charge in [0.25, 0.3) is 0 Å². The minimum absolute atomic E-state index is 0.109. The van der Waals surface area contributed by atoms with E-state index in [4.69, 9.17) is 14.2 Å². The van der Waals surface area contributed by atoms with Crippen molar-refractivity contribution in [3.63, 3.8) is 0 Å². The zero-order valence-electron chi connectivity index (χ0n) is 12.8. The predicted molar refractivity (Wildman–Crippen MR) is 81.3 cm³/mol. The second-order valence-corrected chi connectivity index (χ2v) is 6.13. The highest BCUT2D eigenvalue weighted by molar-refractivity contribution is 8.13. The van der Waals surface area contributed by atoms with Crippen molar-refractivity contribution >= 4 is 22.8 Å². The molecule has 0 bridgehead atoms. The number of hydrogen-bond donors (Lipinski definition) is 0. The van der Waals surface area contributed by atoms with E-state index in [9.17, 15) is 9.59 Å². The molecule has 0 saturated carbocycles. The number of ether oxygens (including phenoxy) is 3. The normalized spacial score (nSPS) is 18.5. The molecular formula is C14H25NO5S. The number of likely N-dealkylation sites (tertiary alicyclic amines) is 1. The van der Waals surface area contributed by atoms with Crippen molar-refractivity contribution in [1.29, 1.82) is 0 Å². The summed E-state index contributed by atoms with van der Waals surface area (Å²) in [6.07, 6.45) is 0.542. The van der Waals surface area contributed by atoms with Crippen LogP contribution in [0, 0.1) is 5.92 Å². The maximum Gasteiger partial charge on any atom is 0.223 e. The highest BCUT2D eigenvalue weighted by atomic mass is 32.2. The highest BCUT2D eigenvalue weighted by Crippen LogP contribution is 2.21. The van der Waals surface area contributed by atoms with Gasteiger partial charge >= 0.3 is 0 Å². The van der Waals surface area contributed by atoms with Crippen LogP contribution in [0.25, 0.3) is 0 Å². The Hall–Kier alpha value is -0.630. The van der Waals surface area contributed by atoms with Crippen LogP contribution in [-0.2, 0) is 23.8 Å². The van der Waals surface area contributed by atoms with E-state index in [1.165, 1.54) is 11.8 Å². The van der Waals surface area contributed by atoms with Crippen LogP contribution in [0.4, 0.5) is 0 Å². The van der Waals surface area contributed by atoms with Gasteiger partial charge in [-0.2, -0.15) is 0 Å². The molecule has 1 atom stereocenters. The molecule has 0 aromatic rings. The summed E-state index contributed by atoms with van der Waals surface area (Å²) < 4.78 is 15.6. The van der Waals surface area contributed by atoms with E-state index >= 15 is 0 Å². The smallest absolute Gasteiger partial charge is 0.223 e. The number of rotatable bonds is 11. The van der Waals surface area contributed by atoms with Gasteiger partial charge < -0.3 is 19.1 Å². The van der Waals surface area contributed by atoms with Crippen LogP contribution >= 0.6 is 11.8 Å². The Kier molecular flexibility index (Phi) is 9.65. The third kappa shape index (κ3) is 8.40. The maximum absolute atomic E-state index is 11.8. The van der Waals surface area contributed by atoms with Gasteiger partial charge in [0.1, 0.15) is 0 Å². The lowest BCUT2D eigenvalue weighted by Crippen LogP contribution is -2.29. The van der Waals surface area contributed by atoms with Gasteiger partial charge in [0.05, 0.1) is 33.0 Å². The molecule has 1 saturated heterocycles. The fraction of sp³-hybridized carbons (Fsp3) is 0.857. The second-order valence-electron chi connectivity index (χ2n) is 4.93. The SMILES string of the molecule is COCCOCCOCCN1CC(CSC(C)=O)CC1=O. The van der Waals surface area contributed by atoms with Crippen molar-refractivity contribution in [1.82, 2.24) is 4.90 Å². The number of thioether (sulfide) groups is 1. The molecule has 0 aromatic carbocycles. The third-order valence-electron chi connectivity index (χ3n) is 3.13. The number of carbonyl (C=O) groups is 2. The van der Waals surface area contributed by atoms with Crippen molar-refractivity contribution in [2.75, 3.05) is 59.0 Å². The zero-order chi connectivity index (χ0) is 15.5. The van der Waals surface area contributed by atoms with E-state index in [1.807, 2.05) is 4.90 Å². The average molecular weight is 319 g/mol. The van der Waals surface area contributed by atoms with E-state index in [0.717, 1.165) is 12.3 Å². The molecule has 6 nitrogen and oxygen atoms in total. The van der Waals surface area contributed by atoms with E-state index < -0.39 is 0 Å². The number of nitrogens with zero attached hydrogens (tertiary/aromatic N) is 1. The molecule has 0 radical (unpaired) electrons. The van der Waals surface area contributed by atoms with Crippen molar-refractivity contribution < 1.29 is 23.8 Å². The minimum Gasteiger partial charge on any atom is -0.382 e. The number of carbonyl (C=O) groups excluding carboxylic acids is 2. The molecule has 21 heavy (non-hydrogen) atoms. The molecular weight excluding hydrogens is 294 g/mol. The van der Waals surface area contributed by atoms with Gasteiger partial charge in [-0.05, 0) is 5.92 Å². The summed E-state index contributed by atoms with van der Waals surface area (Å²) in [4.78, 5) is 24.5. The first kappa shape index (κ1) is 18.4. The number of amides is 1. The summed E-state index contributed by atoms with van der Waals surface area (Å²) in [6.45, 7) is 5.63. The predicted octanol–water partition coefficient (Wildman–Crippen LogP) is 0.794. The van der Waals surface area contributed by atoms with Crippen molar-refractivity contribution in [3.8, 4) is 0 Å². The first-order chi connectivity index (χ1) is 10.1. The molecule has 1 aliphatic heterocycles. The Bertz CT molecular complexity index is 326. The maximum atomic E-state index is 11.8. The van der Waals surface area contributed by atoms with E-state index in [0.29, 0.717) is 46.0 Å². The first-order valence-electron chi connectivity index (χ1n) is 7.19. The topological polar surface area (TPSA) is 65.1 Å². The van der Waals surface area contributed by atoms with Crippen molar-refractivity contribution in [2.45, 2.75) is 13.3 Å². The summed E-state index contributed by atoms with van der Waals surface area (Å²) in [6, 6.07) is 0. The number of methoxy groups -OCH3 is 1. The summed E-state index contributed by atoms with van der Waals surface area (Å²) >= 11 is 1.30. The van der Waals surface area contributed by atoms with Gasteiger partial charge in [-0.1, -0.05) is 11.8 Å². The molecule has 0 spiro atoms. The van der Waals surface area contributed by atoms with Crippen LogP contribution in [-0.4, -0.2) is 74.9 Å². The summed E-state index contributed by atoms with van der Waals surface area (Å²) in [5, 5.41) is 0.109. The Morgan fingerprint density at radius 1 is 1.24 bits per heavy atom. The Morgan fingerprint density at radius 3 is 2.57 bits per heavy atom. The summed E-state index contributed by atoms with van der Waals surface area (Å²) in [5.41, 5.74) is 0. The van der Waals surface area contributed by atoms with Gasteiger partial charge in [-0.3, -0.25) is 9.59 Å². The molecule has 1 heterocycles. The minimum atomic E-state index is 0.109. The van der Waals surface area contributed by atoms with Gasteiger partial charge in [0, 0.05) is 39.3 Å². The molecule has 1 amide bonds. The first-order valence-corrected chi connectivity index (χ1v) is 8.17. The molecule has 1 rings (SSSR count). The van der Waals surface area contributed by atoms with Crippen LogP contribution in [0.15, 0.2) is 0 Å². The van der Waals surface area contributed by atoms with Gasteiger partial charge in [-0.15, -0.1) is 0 Å². The standard InChI is InChI=1S/C14H25NO5S/c1-12(16)21-11-13-9-14(17)15(10-13)3-4-19-7-8-20-6-5-18-2/h13H,3-11H2,1-2H3. The van der Waals surface area contributed by atoms with Gasteiger partial charge in [0.2, 0.25) is 5.91 Å². The van der Waals surface area contributed by atoms with Crippen LogP contribution < -0.4 is 0 Å². The molecule has 1 fully saturated rings. The van der Waals surface area contributed by atoms with Crippen LogP contribution in [0.3, 0.4) is 0 Å². The molecule has 1 aliphatic rings. The monoisotopic (exact) mass is 319 g/mol. The lowest BCUT2D eigenvalue weighted by atomic mass is 10.1. The van der Waals surface area contributed by atoms with Crippen LogP contribution in [0.5, 0.6) is 0 Å². The molecule has 7 heteroatoms. The molecule has 1 unspecified atom stereocenters. The largest absolute Gasteiger partial charge is 0.382 e. The lowest BCUT2D eigenvalue weighted by molar-refractivity contribution is -0.128. The average Bonchev–Trinajstić information content (AvgIpc) is 2.80.